The minimum absolute atomic E-state index is 0.00840. The zero-order valence-electron chi connectivity index (χ0n) is 19.0. The third kappa shape index (κ3) is 6.61. The molecule has 0 bridgehead atoms. The van der Waals surface area contributed by atoms with Crippen LogP contribution in [0.5, 0.6) is 5.75 Å². The Morgan fingerprint density at radius 1 is 1.00 bits per heavy atom. The molecule has 0 aliphatic heterocycles. The fourth-order valence-electron chi connectivity index (χ4n) is 3.28. The van der Waals surface area contributed by atoms with Gasteiger partial charge >= 0.3 is 0 Å². The highest BCUT2D eigenvalue weighted by Gasteiger charge is 2.29. The van der Waals surface area contributed by atoms with Crippen LogP contribution in [0.1, 0.15) is 49.4 Å². The summed E-state index contributed by atoms with van der Waals surface area (Å²) in [5.41, 5.74) is 4.18. The molecule has 2 aromatic carbocycles. The van der Waals surface area contributed by atoms with Crippen LogP contribution >= 0.6 is 0 Å². The monoisotopic (exact) mass is 410 g/mol. The number of carbonyl (C=O) groups excluding carboxylic acids is 2. The van der Waals surface area contributed by atoms with Crippen LogP contribution in [-0.2, 0) is 16.1 Å². The SMILES string of the molecule is CC[C@H](C(=O)NC(C)C)N(Cc1ccc(C)cc1)C(=O)COc1cc(C)ccc1C. The van der Waals surface area contributed by atoms with Crippen LogP contribution < -0.4 is 10.1 Å². The van der Waals surface area contributed by atoms with E-state index in [4.69, 9.17) is 4.74 Å². The van der Waals surface area contributed by atoms with Crippen LogP contribution in [-0.4, -0.2) is 35.4 Å². The van der Waals surface area contributed by atoms with Crippen molar-refractivity contribution in [3.63, 3.8) is 0 Å². The van der Waals surface area contributed by atoms with Crippen molar-refractivity contribution in [2.24, 2.45) is 0 Å². The van der Waals surface area contributed by atoms with Crippen molar-refractivity contribution in [1.29, 1.82) is 0 Å². The fourth-order valence-corrected chi connectivity index (χ4v) is 3.28. The number of ether oxygens (including phenoxy) is 1. The van der Waals surface area contributed by atoms with Gasteiger partial charge in [-0.2, -0.15) is 0 Å². The first-order valence-corrected chi connectivity index (χ1v) is 10.6. The molecule has 0 saturated carbocycles. The van der Waals surface area contributed by atoms with Gasteiger partial charge in [-0.15, -0.1) is 0 Å². The van der Waals surface area contributed by atoms with Crippen molar-refractivity contribution in [3.05, 3.63) is 64.7 Å². The Labute approximate surface area is 180 Å². The molecule has 0 saturated heterocycles. The number of aryl methyl sites for hydroxylation is 3. The van der Waals surface area contributed by atoms with Gasteiger partial charge in [-0.3, -0.25) is 9.59 Å². The third-order valence-corrected chi connectivity index (χ3v) is 4.99. The molecule has 0 aromatic heterocycles. The smallest absolute Gasteiger partial charge is 0.261 e. The number of benzene rings is 2. The number of hydrogen-bond acceptors (Lipinski definition) is 3. The van der Waals surface area contributed by atoms with E-state index in [-0.39, 0.29) is 24.5 Å². The number of hydrogen-bond donors (Lipinski definition) is 1. The lowest BCUT2D eigenvalue weighted by Gasteiger charge is -2.31. The maximum Gasteiger partial charge on any atom is 0.261 e. The van der Waals surface area contributed by atoms with Crippen LogP contribution in [0, 0.1) is 20.8 Å². The van der Waals surface area contributed by atoms with E-state index in [1.807, 2.05) is 84.0 Å². The van der Waals surface area contributed by atoms with Gasteiger partial charge in [-0.1, -0.05) is 48.9 Å². The highest BCUT2D eigenvalue weighted by Crippen LogP contribution is 2.20. The van der Waals surface area contributed by atoms with Gasteiger partial charge < -0.3 is 15.0 Å². The normalized spacial score (nSPS) is 11.8. The summed E-state index contributed by atoms with van der Waals surface area (Å²) in [4.78, 5) is 27.6. The quantitative estimate of drug-likeness (QED) is 0.670. The van der Waals surface area contributed by atoms with Crippen molar-refractivity contribution in [2.45, 2.75) is 66.6 Å². The lowest BCUT2D eigenvalue weighted by Crippen LogP contribution is -2.51. The van der Waals surface area contributed by atoms with E-state index in [0.29, 0.717) is 18.7 Å². The topological polar surface area (TPSA) is 58.6 Å². The summed E-state index contributed by atoms with van der Waals surface area (Å²) < 4.78 is 5.85. The Hall–Kier alpha value is -2.82. The zero-order chi connectivity index (χ0) is 22.3. The van der Waals surface area contributed by atoms with E-state index >= 15 is 0 Å². The molecule has 162 valence electrons. The summed E-state index contributed by atoms with van der Waals surface area (Å²) in [6.07, 6.45) is 0.527. The second-order valence-corrected chi connectivity index (χ2v) is 8.15. The number of carbonyl (C=O) groups is 2. The maximum atomic E-state index is 13.2. The van der Waals surface area contributed by atoms with Gasteiger partial charge in [-0.25, -0.2) is 0 Å². The van der Waals surface area contributed by atoms with Gasteiger partial charge in [0.05, 0.1) is 0 Å². The van der Waals surface area contributed by atoms with Crippen LogP contribution in [0.2, 0.25) is 0 Å². The van der Waals surface area contributed by atoms with Gasteiger partial charge in [-0.05, 0) is 63.8 Å². The van der Waals surface area contributed by atoms with Crippen molar-refractivity contribution in [3.8, 4) is 5.75 Å². The molecule has 0 aliphatic rings. The van der Waals surface area contributed by atoms with E-state index < -0.39 is 6.04 Å². The zero-order valence-corrected chi connectivity index (χ0v) is 19.0. The van der Waals surface area contributed by atoms with Crippen LogP contribution in [0.3, 0.4) is 0 Å². The lowest BCUT2D eigenvalue weighted by molar-refractivity contribution is -0.143. The Morgan fingerprint density at radius 3 is 2.23 bits per heavy atom. The molecule has 0 fully saturated rings. The Bertz CT molecular complexity index is 859. The number of amides is 2. The third-order valence-electron chi connectivity index (χ3n) is 4.99. The summed E-state index contributed by atoms with van der Waals surface area (Å²) in [7, 11) is 0. The molecule has 5 nitrogen and oxygen atoms in total. The van der Waals surface area contributed by atoms with Crippen LogP contribution in [0.15, 0.2) is 42.5 Å². The molecule has 0 unspecified atom stereocenters. The average molecular weight is 411 g/mol. The molecular weight excluding hydrogens is 376 g/mol. The predicted octanol–water partition coefficient (Wildman–Crippen LogP) is 4.32. The van der Waals surface area contributed by atoms with Gasteiger partial charge in [0.2, 0.25) is 5.91 Å². The summed E-state index contributed by atoms with van der Waals surface area (Å²) >= 11 is 0. The predicted molar refractivity (Wildman–Crippen MR) is 120 cm³/mol. The molecule has 2 rings (SSSR count). The maximum absolute atomic E-state index is 13.2. The molecule has 0 aliphatic carbocycles. The molecule has 2 aromatic rings. The molecule has 0 heterocycles. The molecule has 30 heavy (non-hydrogen) atoms. The second-order valence-electron chi connectivity index (χ2n) is 8.15. The van der Waals surface area contributed by atoms with E-state index in [0.717, 1.165) is 22.3 Å². The summed E-state index contributed by atoms with van der Waals surface area (Å²) in [5.74, 6) is 0.347. The minimum atomic E-state index is -0.552. The Kier molecular flexibility index (Phi) is 8.46. The first-order valence-electron chi connectivity index (χ1n) is 10.6. The molecule has 2 amide bonds. The largest absolute Gasteiger partial charge is 0.483 e. The molecule has 5 heteroatoms. The van der Waals surface area contributed by atoms with Gasteiger partial charge in [0.15, 0.2) is 6.61 Å². The minimum Gasteiger partial charge on any atom is -0.483 e. The van der Waals surface area contributed by atoms with Gasteiger partial charge in [0.25, 0.3) is 5.91 Å². The number of rotatable bonds is 9. The number of nitrogens with one attached hydrogen (secondary N) is 1. The molecule has 0 spiro atoms. The average Bonchev–Trinajstić information content (AvgIpc) is 2.69. The van der Waals surface area contributed by atoms with Crippen molar-refractivity contribution >= 4 is 11.8 Å². The van der Waals surface area contributed by atoms with Crippen molar-refractivity contribution in [2.75, 3.05) is 6.61 Å². The first-order chi connectivity index (χ1) is 14.2. The van der Waals surface area contributed by atoms with Gasteiger partial charge in [0, 0.05) is 12.6 Å². The van der Waals surface area contributed by atoms with Crippen LogP contribution in [0.4, 0.5) is 0 Å². The summed E-state index contributed by atoms with van der Waals surface area (Å²) in [6, 6.07) is 13.4. The second kappa shape index (κ2) is 10.8. The van der Waals surface area contributed by atoms with E-state index in [1.54, 1.807) is 4.90 Å². The summed E-state index contributed by atoms with van der Waals surface area (Å²) in [5, 5.41) is 2.94. The van der Waals surface area contributed by atoms with Crippen molar-refractivity contribution in [1.82, 2.24) is 10.2 Å². The highest BCUT2D eigenvalue weighted by molar-refractivity contribution is 5.88. The molecular formula is C25H34N2O3. The highest BCUT2D eigenvalue weighted by atomic mass is 16.5. The fraction of sp³-hybridized carbons (Fsp3) is 0.440. The molecule has 1 N–H and O–H groups in total. The van der Waals surface area contributed by atoms with E-state index in [1.165, 1.54) is 0 Å². The van der Waals surface area contributed by atoms with E-state index in [2.05, 4.69) is 5.32 Å². The first kappa shape index (κ1) is 23.5. The van der Waals surface area contributed by atoms with E-state index in [9.17, 15) is 9.59 Å². The standard InChI is InChI=1S/C25H34N2O3/c1-7-22(25(29)26-17(2)3)27(15-21-12-9-18(4)10-13-21)24(28)16-30-23-14-19(5)8-11-20(23)6/h8-14,17,22H,7,15-16H2,1-6H3,(H,26,29)/t22-/m1/s1. The molecule has 0 radical (unpaired) electrons. The Balaban J connectivity index is 2.23. The summed E-state index contributed by atoms with van der Waals surface area (Å²) in [6.45, 7) is 12.0. The molecule has 1 atom stereocenters. The van der Waals surface area contributed by atoms with Crippen LogP contribution in [0.25, 0.3) is 0 Å². The van der Waals surface area contributed by atoms with Gasteiger partial charge in [0.1, 0.15) is 11.8 Å². The lowest BCUT2D eigenvalue weighted by atomic mass is 10.1. The van der Waals surface area contributed by atoms with Crippen molar-refractivity contribution < 1.29 is 14.3 Å². The Morgan fingerprint density at radius 2 is 1.63 bits per heavy atom. The number of nitrogens with zero attached hydrogens (tertiary/aromatic N) is 1.